The van der Waals surface area contributed by atoms with Gasteiger partial charge in [0.2, 0.25) is 0 Å². The molecule has 3 nitrogen and oxygen atoms in total. The third-order valence-electron chi connectivity index (χ3n) is 2.86. The summed E-state index contributed by atoms with van der Waals surface area (Å²) in [7, 11) is 1.94. The molecule has 1 aromatic carbocycles. The van der Waals surface area contributed by atoms with Crippen molar-refractivity contribution in [2.24, 2.45) is 0 Å². The Balaban J connectivity index is 2.20. The molecule has 0 saturated heterocycles. The number of rotatable bonds is 5. The van der Waals surface area contributed by atoms with Crippen molar-refractivity contribution in [2.45, 2.75) is 26.0 Å². The highest BCUT2D eigenvalue weighted by Crippen LogP contribution is 2.22. The van der Waals surface area contributed by atoms with E-state index in [0.717, 1.165) is 11.4 Å². The number of pyridine rings is 1. The molecule has 19 heavy (non-hydrogen) atoms. The molecule has 1 aromatic heterocycles. The van der Waals surface area contributed by atoms with Gasteiger partial charge in [-0.05, 0) is 50.7 Å². The summed E-state index contributed by atoms with van der Waals surface area (Å²) in [5.41, 5.74) is 2.19. The Morgan fingerprint density at radius 1 is 1.05 bits per heavy atom. The van der Waals surface area contributed by atoms with Gasteiger partial charge in [-0.1, -0.05) is 18.2 Å². The maximum absolute atomic E-state index is 5.65. The van der Waals surface area contributed by atoms with Crippen molar-refractivity contribution >= 4 is 0 Å². The summed E-state index contributed by atoms with van der Waals surface area (Å²) in [6.45, 7) is 4.05. The maximum Gasteiger partial charge on any atom is 0.119 e. The summed E-state index contributed by atoms with van der Waals surface area (Å²) in [4.78, 5) is 4.40. The first-order chi connectivity index (χ1) is 9.20. The molecule has 0 aliphatic rings. The van der Waals surface area contributed by atoms with Crippen LogP contribution >= 0.6 is 0 Å². The number of nitrogens with one attached hydrogen (secondary N) is 1. The van der Waals surface area contributed by atoms with Gasteiger partial charge >= 0.3 is 0 Å². The minimum Gasteiger partial charge on any atom is -0.491 e. The average Bonchev–Trinajstić information content (AvgIpc) is 2.42. The normalized spacial score (nSPS) is 12.4. The summed E-state index contributed by atoms with van der Waals surface area (Å²) in [6, 6.07) is 14.2. The highest BCUT2D eigenvalue weighted by Gasteiger charge is 2.12. The lowest BCUT2D eigenvalue weighted by Gasteiger charge is -2.17. The topological polar surface area (TPSA) is 34.1 Å². The van der Waals surface area contributed by atoms with Crippen LogP contribution in [0.5, 0.6) is 5.75 Å². The smallest absolute Gasteiger partial charge is 0.119 e. The summed E-state index contributed by atoms with van der Waals surface area (Å²) in [5, 5.41) is 3.29. The van der Waals surface area contributed by atoms with Crippen LogP contribution in [0.25, 0.3) is 0 Å². The molecule has 0 fully saturated rings. The van der Waals surface area contributed by atoms with Gasteiger partial charge in [-0.25, -0.2) is 0 Å². The summed E-state index contributed by atoms with van der Waals surface area (Å²) >= 11 is 0. The first-order valence-electron chi connectivity index (χ1n) is 6.55. The van der Waals surface area contributed by atoms with Crippen LogP contribution in [0.2, 0.25) is 0 Å². The van der Waals surface area contributed by atoms with E-state index in [1.807, 2.05) is 57.4 Å². The van der Waals surface area contributed by atoms with Crippen molar-refractivity contribution in [3.63, 3.8) is 0 Å². The van der Waals surface area contributed by atoms with E-state index in [-0.39, 0.29) is 12.1 Å². The maximum atomic E-state index is 5.65. The highest BCUT2D eigenvalue weighted by molar-refractivity contribution is 5.33. The second-order valence-electron chi connectivity index (χ2n) is 4.71. The second-order valence-corrected chi connectivity index (χ2v) is 4.71. The Morgan fingerprint density at radius 2 is 1.79 bits per heavy atom. The number of hydrogen-bond donors (Lipinski definition) is 1. The molecule has 2 rings (SSSR count). The van der Waals surface area contributed by atoms with Gasteiger partial charge in [0.1, 0.15) is 5.75 Å². The lowest BCUT2D eigenvalue weighted by Crippen LogP contribution is -2.18. The zero-order valence-electron chi connectivity index (χ0n) is 11.6. The minimum absolute atomic E-state index is 0.106. The Bertz CT molecular complexity index is 494. The van der Waals surface area contributed by atoms with Crippen molar-refractivity contribution in [1.29, 1.82) is 0 Å². The van der Waals surface area contributed by atoms with E-state index in [2.05, 4.69) is 22.4 Å². The van der Waals surface area contributed by atoms with Gasteiger partial charge in [-0.15, -0.1) is 0 Å². The summed E-state index contributed by atoms with van der Waals surface area (Å²) in [5.74, 6) is 0.898. The molecule has 100 valence electrons. The number of ether oxygens (including phenoxy) is 1. The van der Waals surface area contributed by atoms with Crippen LogP contribution in [-0.2, 0) is 0 Å². The Morgan fingerprint density at radius 3 is 2.32 bits per heavy atom. The molecule has 3 heteroatoms. The molecule has 1 unspecified atom stereocenters. The molecule has 0 aliphatic heterocycles. The molecule has 0 spiro atoms. The monoisotopic (exact) mass is 256 g/mol. The highest BCUT2D eigenvalue weighted by atomic mass is 16.5. The van der Waals surface area contributed by atoms with Gasteiger partial charge in [-0.2, -0.15) is 0 Å². The average molecular weight is 256 g/mol. The number of nitrogens with zero attached hydrogens (tertiary/aromatic N) is 1. The Hall–Kier alpha value is -1.87. The van der Waals surface area contributed by atoms with E-state index in [1.165, 1.54) is 5.56 Å². The van der Waals surface area contributed by atoms with Crippen LogP contribution in [0.3, 0.4) is 0 Å². The fraction of sp³-hybridized carbons (Fsp3) is 0.312. The van der Waals surface area contributed by atoms with E-state index < -0.39 is 0 Å². The molecule has 1 N–H and O–H groups in total. The van der Waals surface area contributed by atoms with Crippen LogP contribution in [-0.4, -0.2) is 18.1 Å². The van der Waals surface area contributed by atoms with Gasteiger partial charge in [-0.3, -0.25) is 4.98 Å². The van der Waals surface area contributed by atoms with Crippen LogP contribution in [0.15, 0.2) is 48.7 Å². The standard InChI is InChI=1S/C16H20N2O/c1-12(2)19-14-9-7-13(8-10-14)16(17-3)15-6-4-5-11-18-15/h4-12,16-17H,1-3H3. The van der Waals surface area contributed by atoms with Crippen molar-refractivity contribution < 1.29 is 4.74 Å². The molecule has 0 aliphatic carbocycles. The number of hydrogen-bond acceptors (Lipinski definition) is 3. The molecule has 1 heterocycles. The zero-order chi connectivity index (χ0) is 13.7. The van der Waals surface area contributed by atoms with E-state index in [9.17, 15) is 0 Å². The van der Waals surface area contributed by atoms with Gasteiger partial charge in [0.25, 0.3) is 0 Å². The van der Waals surface area contributed by atoms with Crippen LogP contribution in [0.1, 0.15) is 31.1 Å². The number of benzene rings is 1. The fourth-order valence-corrected chi connectivity index (χ4v) is 2.04. The molecule has 0 radical (unpaired) electrons. The minimum atomic E-state index is 0.106. The lowest BCUT2D eigenvalue weighted by atomic mass is 10.0. The van der Waals surface area contributed by atoms with Crippen LogP contribution < -0.4 is 10.1 Å². The lowest BCUT2D eigenvalue weighted by molar-refractivity contribution is 0.242. The van der Waals surface area contributed by atoms with Gasteiger partial charge in [0.05, 0.1) is 17.8 Å². The summed E-state index contributed by atoms with van der Waals surface area (Å²) < 4.78 is 5.65. The van der Waals surface area contributed by atoms with Crippen molar-refractivity contribution in [3.05, 3.63) is 59.9 Å². The van der Waals surface area contributed by atoms with E-state index in [4.69, 9.17) is 4.74 Å². The molecular weight excluding hydrogens is 236 g/mol. The van der Waals surface area contributed by atoms with Crippen molar-refractivity contribution in [3.8, 4) is 5.75 Å². The SMILES string of the molecule is CNC(c1ccc(OC(C)C)cc1)c1ccccn1. The second kappa shape index (κ2) is 6.34. The first kappa shape index (κ1) is 13.6. The largest absolute Gasteiger partial charge is 0.491 e. The Kier molecular flexibility index (Phi) is 4.53. The van der Waals surface area contributed by atoms with Crippen molar-refractivity contribution in [1.82, 2.24) is 10.3 Å². The zero-order valence-corrected chi connectivity index (χ0v) is 11.6. The summed E-state index contributed by atoms with van der Waals surface area (Å²) in [6.07, 6.45) is 2.01. The number of aromatic nitrogens is 1. The predicted octanol–water partition coefficient (Wildman–Crippen LogP) is 3.18. The van der Waals surface area contributed by atoms with E-state index >= 15 is 0 Å². The van der Waals surface area contributed by atoms with E-state index in [1.54, 1.807) is 0 Å². The molecule has 2 aromatic rings. The molecule has 0 bridgehead atoms. The van der Waals surface area contributed by atoms with Crippen LogP contribution in [0.4, 0.5) is 0 Å². The molecule has 0 saturated carbocycles. The first-order valence-corrected chi connectivity index (χ1v) is 6.55. The van der Waals surface area contributed by atoms with Gasteiger partial charge in [0.15, 0.2) is 0 Å². The van der Waals surface area contributed by atoms with E-state index in [0.29, 0.717) is 0 Å². The van der Waals surface area contributed by atoms with Crippen molar-refractivity contribution in [2.75, 3.05) is 7.05 Å². The molecular formula is C16H20N2O. The third kappa shape index (κ3) is 3.55. The molecule has 1 atom stereocenters. The quantitative estimate of drug-likeness (QED) is 0.892. The predicted molar refractivity (Wildman–Crippen MR) is 77.3 cm³/mol. The molecule has 0 amide bonds. The fourth-order valence-electron chi connectivity index (χ4n) is 2.04. The van der Waals surface area contributed by atoms with Gasteiger partial charge in [0, 0.05) is 6.20 Å². The van der Waals surface area contributed by atoms with Crippen LogP contribution in [0, 0.1) is 0 Å². The van der Waals surface area contributed by atoms with Gasteiger partial charge < -0.3 is 10.1 Å². The Labute approximate surface area is 114 Å². The third-order valence-corrected chi connectivity index (χ3v) is 2.86.